The van der Waals surface area contributed by atoms with Crippen molar-refractivity contribution < 1.29 is 4.79 Å². The molecule has 1 aliphatic rings. The summed E-state index contributed by atoms with van der Waals surface area (Å²) in [7, 11) is 0. The van der Waals surface area contributed by atoms with E-state index < -0.39 is 6.04 Å². The predicted octanol–water partition coefficient (Wildman–Crippen LogP) is 6.23. The van der Waals surface area contributed by atoms with Gasteiger partial charge in [-0.3, -0.25) is 9.36 Å². The highest BCUT2D eigenvalue weighted by molar-refractivity contribution is 6.31. The molecule has 5 nitrogen and oxygen atoms in total. The number of aryl methyl sites for hydroxylation is 2. The van der Waals surface area contributed by atoms with Crippen LogP contribution in [0.15, 0.2) is 78.0 Å². The number of imidazole rings is 1. The van der Waals surface area contributed by atoms with Crippen molar-refractivity contribution in [2.75, 3.05) is 10.6 Å². The zero-order valence-electron chi connectivity index (χ0n) is 18.1. The lowest BCUT2D eigenvalue weighted by molar-refractivity contribution is -0.113. The molecule has 6 heteroatoms. The molecule has 4 aromatic rings. The van der Waals surface area contributed by atoms with Crippen LogP contribution in [-0.4, -0.2) is 15.5 Å². The second kappa shape index (κ2) is 7.84. The molecular weight excluding hydrogens is 420 g/mol. The van der Waals surface area contributed by atoms with Crippen molar-refractivity contribution in [2.45, 2.75) is 26.8 Å². The lowest BCUT2D eigenvalue weighted by Crippen LogP contribution is -2.31. The first-order valence-electron chi connectivity index (χ1n) is 10.5. The normalized spacial score (nSPS) is 15.4. The Hall–Kier alpha value is -3.57. The Morgan fingerprint density at radius 2 is 1.78 bits per heavy atom. The van der Waals surface area contributed by atoms with Crippen molar-refractivity contribution in [2.24, 2.45) is 0 Å². The van der Waals surface area contributed by atoms with Gasteiger partial charge in [-0.05, 0) is 56.2 Å². The predicted molar refractivity (Wildman–Crippen MR) is 130 cm³/mol. The van der Waals surface area contributed by atoms with Gasteiger partial charge in [-0.1, -0.05) is 59.6 Å². The first-order chi connectivity index (χ1) is 15.4. The Labute approximate surface area is 191 Å². The van der Waals surface area contributed by atoms with E-state index in [1.54, 1.807) is 0 Å². The van der Waals surface area contributed by atoms with Crippen molar-refractivity contribution in [3.8, 4) is 0 Å². The average Bonchev–Trinajstić information content (AvgIpc) is 3.13. The summed E-state index contributed by atoms with van der Waals surface area (Å²) >= 11 is 6.65. The van der Waals surface area contributed by atoms with Crippen molar-refractivity contribution in [3.63, 3.8) is 0 Å². The number of nitrogens with zero attached hydrogens (tertiary/aromatic N) is 2. The monoisotopic (exact) mass is 442 g/mol. The first kappa shape index (κ1) is 20.3. The third-order valence-corrected chi connectivity index (χ3v) is 6.25. The summed E-state index contributed by atoms with van der Waals surface area (Å²) in [6.45, 7) is 5.94. The van der Waals surface area contributed by atoms with E-state index in [0.717, 1.165) is 39.1 Å². The van der Waals surface area contributed by atoms with Gasteiger partial charge in [0.2, 0.25) is 5.95 Å². The molecule has 2 heterocycles. The molecule has 0 unspecified atom stereocenters. The van der Waals surface area contributed by atoms with Crippen LogP contribution in [0.25, 0.3) is 11.0 Å². The third kappa shape index (κ3) is 3.35. The van der Waals surface area contributed by atoms with E-state index in [-0.39, 0.29) is 5.91 Å². The molecule has 0 spiro atoms. The molecule has 0 bridgehead atoms. The summed E-state index contributed by atoms with van der Waals surface area (Å²) in [5.41, 5.74) is 6.96. The third-order valence-electron chi connectivity index (χ3n) is 5.91. The van der Waals surface area contributed by atoms with Crippen molar-refractivity contribution in [1.82, 2.24) is 9.55 Å². The number of hydrogen-bond donors (Lipinski definition) is 2. The number of aromatic nitrogens is 2. The maximum atomic E-state index is 13.7. The molecule has 0 radical (unpaired) electrons. The molecule has 2 N–H and O–H groups in total. The molecule has 1 aliphatic heterocycles. The number of hydrogen-bond acceptors (Lipinski definition) is 3. The van der Waals surface area contributed by atoms with Gasteiger partial charge in [0.1, 0.15) is 0 Å². The molecular formula is C26H23ClN4O. The largest absolute Gasteiger partial charge is 0.329 e. The van der Waals surface area contributed by atoms with Gasteiger partial charge in [0.25, 0.3) is 5.91 Å². The number of para-hydroxylation sites is 2. The van der Waals surface area contributed by atoms with E-state index in [2.05, 4.69) is 21.3 Å². The van der Waals surface area contributed by atoms with Crippen molar-refractivity contribution >= 4 is 40.2 Å². The van der Waals surface area contributed by atoms with Crippen LogP contribution in [-0.2, 0) is 4.79 Å². The molecule has 3 aromatic carbocycles. The minimum atomic E-state index is -0.418. The van der Waals surface area contributed by atoms with Gasteiger partial charge in [0.05, 0.1) is 22.6 Å². The fourth-order valence-electron chi connectivity index (χ4n) is 4.39. The second-order valence-corrected chi connectivity index (χ2v) is 8.56. The zero-order valence-corrected chi connectivity index (χ0v) is 18.9. The van der Waals surface area contributed by atoms with Gasteiger partial charge in [0.15, 0.2) is 0 Å². The summed E-state index contributed by atoms with van der Waals surface area (Å²) in [4.78, 5) is 18.4. The number of anilines is 2. The van der Waals surface area contributed by atoms with E-state index >= 15 is 0 Å². The fraction of sp³-hybridized carbons (Fsp3) is 0.154. The van der Waals surface area contributed by atoms with Gasteiger partial charge in [-0.2, -0.15) is 0 Å². The molecule has 0 saturated heterocycles. The van der Waals surface area contributed by atoms with Crippen molar-refractivity contribution in [3.05, 3.63) is 99.7 Å². The van der Waals surface area contributed by atoms with Gasteiger partial charge in [0, 0.05) is 16.4 Å². The maximum absolute atomic E-state index is 13.7. The fourth-order valence-corrected chi connectivity index (χ4v) is 4.63. The van der Waals surface area contributed by atoms with Crippen molar-refractivity contribution in [1.29, 1.82) is 0 Å². The van der Waals surface area contributed by atoms with Crippen LogP contribution in [0.4, 0.5) is 11.6 Å². The number of rotatable bonds is 3. The molecule has 32 heavy (non-hydrogen) atoms. The molecule has 0 aliphatic carbocycles. The number of carbonyl (C=O) groups is 1. The minimum Gasteiger partial charge on any atom is -0.329 e. The zero-order chi connectivity index (χ0) is 22.4. The van der Waals surface area contributed by atoms with Gasteiger partial charge >= 0.3 is 0 Å². The van der Waals surface area contributed by atoms with Crippen LogP contribution >= 0.6 is 11.6 Å². The van der Waals surface area contributed by atoms with E-state index in [1.807, 2.05) is 81.4 Å². The molecule has 0 saturated carbocycles. The summed E-state index contributed by atoms with van der Waals surface area (Å²) in [6, 6.07) is 21.1. The summed E-state index contributed by atoms with van der Waals surface area (Å²) in [6.07, 6.45) is 0. The second-order valence-electron chi connectivity index (χ2n) is 8.15. The standard InChI is InChI=1S/C26H23ClN4O/c1-15-12-13-20(16(2)14-15)29-25(32)23-17(3)28-26-30-21-10-6-7-11-22(21)31(26)24(23)18-8-4-5-9-19(18)27/h4-14,24H,1-3H3,(H,28,30)(H,29,32)/t24-/m0/s1. The van der Waals surface area contributed by atoms with Crippen LogP contribution in [0, 0.1) is 13.8 Å². The SMILES string of the molecule is CC1=C(C(=O)Nc2ccc(C)cc2C)[C@H](c2ccccc2Cl)n2c(nc3ccccc32)N1. The lowest BCUT2D eigenvalue weighted by atomic mass is 9.94. The van der Waals surface area contributed by atoms with Crippen LogP contribution in [0.3, 0.4) is 0 Å². The molecule has 1 aromatic heterocycles. The molecule has 1 atom stereocenters. The lowest BCUT2D eigenvalue weighted by Gasteiger charge is -2.31. The van der Waals surface area contributed by atoms with Crippen LogP contribution in [0.2, 0.25) is 5.02 Å². The Morgan fingerprint density at radius 1 is 1.03 bits per heavy atom. The summed E-state index contributed by atoms with van der Waals surface area (Å²) in [5.74, 6) is 0.520. The van der Waals surface area contributed by atoms with Crippen LogP contribution in [0.1, 0.15) is 29.7 Å². The van der Waals surface area contributed by atoms with Gasteiger partial charge in [-0.25, -0.2) is 4.98 Å². The number of fused-ring (bicyclic) bond motifs is 3. The number of nitrogens with one attached hydrogen (secondary N) is 2. The molecule has 0 fully saturated rings. The highest BCUT2D eigenvalue weighted by atomic mass is 35.5. The summed E-state index contributed by atoms with van der Waals surface area (Å²) in [5, 5.41) is 7.06. The smallest absolute Gasteiger partial charge is 0.255 e. The van der Waals surface area contributed by atoms with E-state index in [0.29, 0.717) is 16.5 Å². The Balaban J connectivity index is 1.68. The highest BCUT2D eigenvalue weighted by Crippen LogP contribution is 2.41. The van der Waals surface area contributed by atoms with Gasteiger partial charge < -0.3 is 10.6 Å². The van der Waals surface area contributed by atoms with E-state index in [9.17, 15) is 4.79 Å². The number of carbonyl (C=O) groups excluding carboxylic acids is 1. The molecule has 1 amide bonds. The minimum absolute atomic E-state index is 0.171. The van der Waals surface area contributed by atoms with Gasteiger partial charge in [-0.15, -0.1) is 0 Å². The van der Waals surface area contributed by atoms with Crippen LogP contribution in [0.5, 0.6) is 0 Å². The number of halogens is 1. The summed E-state index contributed by atoms with van der Waals surface area (Å²) < 4.78 is 2.06. The quantitative estimate of drug-likeness (QED) is 0.395. The number of amides is 1. The Bertz CT molecular complexity index is 1400. The molecule has 5 rings (SSSR count). The highest BCUT2D eigenvalue weighted by Gasteiger charge is 2.35. The van der Waals surface area contributed by atoms with Crippen LogP contribution < -0.4 is 10.6 Å². The Morgan fingerprint density at radius 3 is 2.56 bits per heavy atom. The van der Waals surface area contributed by atoms with E-state index in [1.165, 1.54) is 0 Å². The van der Waals surface area contributed by atoms with E-state index in [4.69, 9.17) is 16.6 Å². The molecule has 160 valence electrons. The average molecular weight is 443 g/mol. The maximum Gasteiger partial charge on any atom is 0.255 e. The first-order valence-corrected chi connectivity index (χ1v) is 10.9. The number of benzene rings is 3. The topological polar surface area (TPSA) is 59.0 Å². The Kier molecular flexibility index (Phi) is 4.98. The number of allylic oxidation sites excluding steroid dienone is 1.